The topological polar surface area (TPSA) is 37.3 Å². The largest absolute Gasteiger partial charge is 0.507 e. The Morgan fingerprint density at radius 1 is 0.957 bits per heavy atom. The predicted octanol–water partition coefficient (Wildman–Crippen LogP) is 4.27. The van der Waals surface area contributed by atoms with Crippen molar-refractivity contribution in [2.75, 3.05) is 0 Å². The van der Waals surface area contributed by atoms with Gasteiger partial charge >= 0.3 is 18.0 Å². The van der Waals surface area contributed by atoms with Crippen molar-refractivity contribution in [3.63, 3.8) is 0 Å². The fourth-order valence-electron chi connectivity index (χ4n) is 1.29. The molecule has 0 saturated heterocycles. The lowest BCUT2D eigenvalue weighted by atomic mass is 10.0. The lowest BCUT2D eigenvalue weighted by molar-refractivity contribution is -0.342. The zero-order valence-electron chi connectivity index (χ0n) is 10.6. The van der Waals surface area contributed by atoms with Crippen molar-refractivity contribution >= 4 is 11.5 Å². The van der Waals surface area contributed by atoms with Gasteiger partial charge in [0.25, 0.3) is 0 Å². The van der Waals surface area contributed by atoms with Crippen LogP contribution < -0.4 is 0 Å². The highest BCUT2D eigenvalue weighted by molar-refractivity contribution is 6.01. The summed E-state index contributed by atoms with van der Waals surface area (Å²) in [5.74, 6) is -20.5. The Kier molecular flexibility index (Phi) is 4.74. The second-order valence-electron chi connectivity index (χ2n) is 4.17. The van der Waals surface area contributed by atoms with Gasteiger partial charge in [-0.2, -0.15) is 30.7 Å². The van der Waals surface area contributed by atoms with Crippen molar-refractivity contribution in [2.24, 2.45) is 0 Å². The third kappa shape index (κ3) is 3.42. The lowest BCUT2D eigenvalue weighted by Crippen LogP contribution is -2.55. The zero-order valence-corrected chi connectivity index (χ0v) is 10.6. The van der Waals surface area contributed by atoms with E-state index in [1.54, 1.807) is 0 Å². The van der Waals surface area contributed by atoms with Crippen LogP contribution >= 0.6 is 0 Å². The molecule has 11 heteroatoms. The first-order chi connectivity index (χ1) is 10.2. The summed E-state index contributed by atoms with van der Waals surface area (Å²) in [6, 6.07) is 1.20. The van der Waals surface area contributed by atoms with Gasteiger partial charge in [-0.1, -0.05) is 0 Å². The van der Waals surface area contributed by atoms with Gasteiger partial charge in [0, 0.05) is 11.6 Å². The number of alkyl halides is 7. The molecule has 0 atom stereocenters. The van der Waals surface area contributed by atoms with Crippen LogP contribution in [-0.4, -0.2) is 28.9 Å². The molecule has 128 valence electrons. The molecule has 0 radical (unpaired) electrons. The van der Waals surface area contributed by atoms with Crippen molar-refractivity contribution in [1.82, 2.24) is 0 Å². The van der Waals surface area contributed by atoms with E-state index < -0.39 is 52.8 Å². The number of hydrogen-bond acceptors (Lipinski definition) is 2. The van der Waals surface area contributed by atoms with E-state index in [9.17, 15) is 49.4 Å². The minimum Gasteiger partial charge on any atom is -0.507 e. The second kappa shape index (κ2) is 5.78. The van der Waals surface area contributed by atoms with E-state index in [1.165, 1.54) is 0 Å². The molecule has 1 aromatic carbocycles. The second-order valence-corrected chi connectivity index (χ2v) is 4.17. The summed E-state index contributed by atoms with van der Waals surface area (Å²) in [5, 5.41) is 9.23. The minimum absolute atomic E-state index is 0.217. The average Bonchev–Trinajstić information content (AvgIpc) is 2.40. The summed E-state index contributed by atoms with van der Waals surface area (Å²) < 4.78 is 112. The number of aliphatic hydroxyl groups is 1. The van der Waals surface area contributed by atoms with Gasteiger partial charge in [-0.25, -0.2) is 8.78 Å². The monoisotopic (exact) mass is 352 g/mol. The van der Waals surface area contributed by atoms with Crippen LogP contribution in [0.2, 0.25) is 0 Å². The molecule has 0 aromatic heterocycles. The van der Waals surface area contributed by atoms with Crippen LogP contribution in [0.3, 0.4) is 0 Å². The maximum Gasteiger partial charge on any atom is 0.460 e. The summed E-state index contributed by atoms with van der Waals surface area (Å²) in [6.07, 6.45) is -7.36. The van der Waals surface area contributed by atoms with Crippen molar-refractivity contribution in [3.05, 3.63) is 41.5 Å². The quantitative estimate of drug-likeness (QED) is 0.499. The number of rotatable bonds is 4. The molecule has 0 heterocycles. The molecule has 0 fully saturated rings. The molecule has 0 aliphatic carbocycles. The molecule has 23 heavy (non-hydrogen) atoms. The number of benzene rings is 1. The molecule has 0 saturated carbocycles. The number of hydrogen-bond donors (Lipinski definition) is 1. The molecule has 0 spiro atoms. The van der Waals surface area contributed by atoms with Crippen LogP contribution in [0.5, 0.6) is 0 Å². The van der Waals surface area contributed by atoms with Crippen LogP contribution in [0.25, 0.3) is 5.76 Å². The number of allylic oxidation sites excluding steroid dienone is 1. The molecule has 0 bridgehead atoms. The smallest absolute Gasteiger partial charge is 0.460 e. The number of halogens is 9. The van der Waals surface area contributed by atoms with Gasteiger partial charge in [0.1, 0.15) is 5.76 Å². The number of carbonyl (C=O) groups excluding carboxylic acids is 1. The number of carbonyl (C=O) groups is 1. The van der Waals surface area contributed by atoms with Gasteiger partial charge in [-0.3, -0.25) is 4.79 Å². The van der Waals surface area contributed by atoms with Crippen LogP contribution in [-0.2, 0) is 4.79 Å². The fourth-order valence-corrected chi connectivity index (χ4v) is 1.29. The van der Waals surface area contributed by atoms with Gasteiger partial charge in [0.15, 0.2) is 11.6 Å². The Balaban J connectivity index is 3.20. The highest BCUT2D eigenvalue weighted by Crippen LogP contribution is 2.47. The summed E-state index contributed by atoms with van der Waals surface area (Å²) >= 11 is 0. The van der Waals surface area contributed by atoms with Crippen LogP contribution in [0.4, 0.5) is 39.5 Å². The Hall–Kier alpha value is -2.20. The molecule has 1 rings (SSSR count). The predicted molar refractivity (Wildman–Crippen MR) is 57.9 cm³/mol. The van der Waals surface area contributed by atoms with Crippen molar-refractivity contribution < 1.29 is 49.4 Å². The van der Waals surface area contributed by atoms with Crippen molar-refractivity contribution in [2.45, 2.75) is 18.0 Å². The maximum absolute atomic E-state index is 13.0. The number of ketones is 1. The first kappa shape index (κ1) is 18.8. The molecule has 1 N–H and O–H groups in total. The van der Waals surface area contributed by atoms with Gasteiger partial charge in [-0.05, 0) is 18.2 Å². The molecule has 0 unspecified atom stereocenters. The third-order valence-corrected chi connectivity index (χ3v) is 2.54. The molecular weight excluding hydrogens is 347 g/mol. The van der Waals surface area contributed by atoms with Gasteiger partial charge in [-0.15, -0.1) is 0 Å². The first-order valence-electron chi connectivity index (χ1n) is 5.44. The average molecular weight is 352 g/mol. The third-order valence-electron chi connectivity index (χ3n) is 2.54. The highest BCUT2D eigenvalue weighted by atomic mass is 19.4. The summed E-state index contributed by atoms with van der Waals surface area (Å²) in [4.78, 5) is 11.0. The number of aliphatic hydroxyl groups excluding tert-OH is 1. The fraction of sp³-hybridized carbons (Fsp3) is 0.250. The van der Waals surface area contributed by atoms with Gasteiger partial charge in [0.2, 0.25) is 5.78 Å². The summed E-state index contributed by atoms with van der Waals surface area (Å²) in [7, 11) is 0. The molecular formula is C12H5F9O2. The van der Waals surface area contributed by atoms with E-state index in [-0.39, 0.29) is 6.07 Å². The van der Waals surface area contributed by atoms with Crippen LogP contribution in [0.15, 0.2) is 24.3 Å². The maximum atomic E-state index is 13.0. The van der Waals surface area contributed by atoms with Crippen LogP contribution in [0, 0.1) is 11.6 Å². The van der Waals surface area contributed by atoms with Crippen molar-refractivity contribution in [1.29, 1.82) is 0 Å². The van der Waals surface area contributed by atoms with Gasteiger partial charge < -0.3 is 5.11 Å². The molecule has 0 aliphatic heterocycles. The highest BCUT2D eigenvalue weighted by Gasteiger charge is 2.75. The van der Waals surface area contributed by atoms with E-state index in [0.29, 0.717) is 12.1 Å². The first-order valence-corrected chi connectivity index (χ1v) is 5.44. The molecule has 2 nitrogen and oxygen atoms in total. The Morgan fingerprint density at radius 2 is 1.48 bits per heavy atom. The molecule has 1 aromatic rings. The van der Waals surface area contributed by atoms with E-state index in [0.717, 1.165) is 0 Å². The summed E-state index contributed by atoms with van der Waals surface area (Å²) in [5.41, 5.74) is -0.789. The van der Waals surface area contributed by atoms with E-state index in [1.807, 2.05) is 0 Å². The summed E-state index contributed by atoms with van der Waals surface area (Å²) in [6.45, 7) is 0. The van der Waals surface area contributed by atoms with E-state index in [2.05, 4.69) is 0 Å². The van der Waals surface area contributed by atoms with E-state index >= 15 is 0 Å². The van der Waals surface area contributed by atoms with E-state index in [4.69, 9.17) is 0 Å². The Morgan fingerprint density at radius 3 is 1.91 bits per heavy atom. The minimum atomic E-state index is -6.72. The van der Waals surface area contributed by atoms with Gasteiger partial charge in [0.05, 0.1) is 0 Å². The Labute approximate surface area is 121 Å². The SMILES string of the molecule is O=C(/C=C(\O)c1ccc(F)c(F)c1)C(F)(F)C(F)(F)C(F)(F)F. The molecule has 0 aliphatic rings. The molecule has 0 amide bonds. The Bertz CT molecular complexity index is 646. The van der Waals surface area contributed by atoms with Crippen LogP contribution in [0.1, 0.15) is 5.56 Å². The standard InChI is InChI=1S/C12H5F9O2/c13-6-2-1-5(3-7(6)14)8(22)4-9(23)10(15,16)11(17,18)12(19,20)21/h1-4,22H/b8-4-. The lowest BCUT2D eigenvalue weighted by Gasteiger charge is -2.26. The normalized spacial score (nSPS) is 14.0. The van der Waals surface area contributed by atoms with Crippen molar-refractivity contribution in [3.8, 4) is 0 Å². The zero-order chi connectivity index (χ0) is 18.2.